The number of rotatable bonds is 9. The van der Waals surface area contributed by atoms with Crippen molar-refractivity contribution < 1.29 is 4.74 Å². The largest absolute Gasteiger partial charge is 0.385 e. The van der Waals surface area contributed by atoms with Gasteiger partial charge < -0.3 is 19.9 Å². The number of nitrogens with one attached hydrogen (secondary N) is 2. The van der Waals surface area contributed by atoms with Crippen LogP contribution in [0.15, 0.2) is 17.6 Å². The summed E-state index contributed by atoms with van der Waals surface area (Å²) < 4.78 is 6.98. The standard InChI is InChI=1S/C12H24N6O.HI/c1-13-12(15-7-5-9-19-2)14-6-3-4-8-18-10-16-17-11-18;/h10-11H,3-9H2,1-2H3,(H2,13,14,15);1H. The second-order valence-electron chi connectivity index (χ2n) is 4.18. The minimum atomic E-state index is 0. The molecule has 1 aromatic rings. The first-order valence-corrected chi connectivity index (χ1v) is 6.62. The highest BCUT2D eigenvalue weighted by atomic mass is 127. The van der Waals surface area contributed by atoms with E-state index in [-0.39, 0.29) is 24.0 Å². The molecule has 20 heavy (non-hydrogen) atoms. The van der Waals surface area contributed by atoms with Crippen LogP contribution in [0.25, 0.3) is 0 Å². The molecular weight excluding hydrogens is 371 g/mol. The molecular formula is C12H25IN6O. The number of ether oxygens (including phenoxy) is 1. The summed E-state index contributed by atoms with van der Waals surface area (Å²) in [6, 6.07) is 0. The normalized spacial score (nSPS) is 11.0. The first-order valence-electron chi connectivity index (χ1n) is 6.62. The molecule has 1 aromatic heterocycles. The third-order valence-electron chi connectivity index (χ3n) is 2.64. The van der Waals surface area contributed by atoms with Crippen LogP contribution in [0.2, 0.25) is 0 Å². The lowest BCUT2D eigenvalue weighted by Crippen LogP contribution is -2.38. The number of hydrogen-bond donors (Lipinski definition) is 2. The Kier molecular flexibility index (Phi) is 12.5. The number of halogens is 1. The molecule has 0 aliphatic rings. The van der Waals surface area contributed by atoms with Crippen LogP contribution in [0.1, 0.15) is 19.3 Å². The predicted octanol–water partition coefficient (Wildman–Crippen LogP) is 0.878. The van der Waals surface area contributed by atoms with Crippen LogP contribution in [0.3, 0.4) is 0 Å². The molecule has 1 rings (SSSR count). The van der Waals surface area contributed by atoms with Gasteiger partial charge in [-0.1, -0.05) is 0 Å². The summed E-state index contributed by atoms with van der Waals surface area (Å²) in [5, 5.41) is 14.1. The van der Waals surface area contributed by atoms with Gasteiger partial charge in [-0.05, 0) is 19.3 Å². The fourth-order valence-electron chi connectivity index (χ4n) is 1.61. The molecule has 0 aliphatic carbocycles. The SMILES string of the molecule is CN=C(NCCCCn1cnnc1)NCCCOC.I. The first kappa shape index (κ1) is 19.1. The molecule has 0 spiro atoms. The second kappa shape index (κ2) is 13.1. The van der Waals surface area contributed by atoms with E-state index in [1.54, 1.807) is 26.8 Å². The average molecular weight is 396 g/mol. The summed E-state index contributed by atoms with van der Waals surface area (Å²) in [5.74, 6) is 0.848. The molecule has 1 heterocycles. The summed E-state index contributed by atoms with van der Waals surface area (Å²) >= 11 is 0. The van der Waals surface area contributed by atoms with E-state index in [1.165, 1.54) is 0 Å². The minimum Gasteiger partial charge on any atom is -0.385 e. The van der Waals surface area contributed by atoms with Crippen molar-refractivity contribution in [2.24, 2.45) is 4.99 Å². The number of aryl methyl sites for hydroxylation is 1. The van der Waals surface area contributed by atoms with E-state index >= 15 is 0 Å². The molecule has 2 N–H and O–H groups in total. The van der Waals surface area contributed by atoms with Gasteiger partial charge in [-0.2, -0.15) is 0 Å². The third kappa shape index (κ3) is 9.08. The highest BCUT2D eigenvalue weighted by Crippen LogP contribution is 1.92. The summed E-state index contributed by atoms with van der Waals surface area (Å²) in [7, 11) is 3.49. The lowest BCUT2D eigenvalue weighted by molar-refractivity contribution is 0.195. The van der Waals surface area contributed by atoms with Gasteiger partial charge in [-0.15, -0.1) is 34.2 Å². The van der Waals surface area contributed by atoms with Gasteiger partial charge in [0.15, 0.2) is 5.96 Å². The molecule has 0 radical (unpaired) electrons. The Morgan fingerprint density at radius 3 is 2.40 bits per heavy atom. The molecule has 116 valence electrons. The molecule has 0 aliphatic heterocycles. The van der Waals surface area contributed by atoms with E-state index in [1.807, 2.05) is 4.57 Å². The second-order valence-corrected chi connectivity index (χ2v) is 4.18. The van der Waals surface area contributed by atoms with Crippen molar-refractivity contribution in [1.29, 1.82) is 0 Å². The van der Waals surface area contributed by atoms with E-state index in [4.69, 9.17) is 4.74 Å². The van der Waals surface area contributed by atoms with E-state index in [0.29, 0.717) is 0 Å². The van der Waals surface area contributed by atoms with Crippen LogP contribution >= 0.6 is 24.0 Å². The van der Waals surface area contributed by atoms with Gasteiger partial charge in [-0.25, -0.2) is 0 Å². The van der Waals surface area contributed by atoms with E-state index in [2.05, 4.69) is 25.8 Å². The lowest BCUT2D eigenvalue weighted by Gasteiger charge is -2.11. The van der Waals surface area contributed by atoms with Crippen molar-refractivity contribution in [3.05, 3.63) is 12.7 Å². The maximum atomic E-state index is 4.99. The average Bonchev–Trinajstić information content (AvgIpc) is 2.94. The van der Waals surface area contributed by atoms with Crippen molar-refractivity contribution in [3.8, 4) is 0 Å². The summed E-state index contributed by atoms with van der Waals surface area (Å²) in [5.41, 5.74) is 0. The number of unbranched alkanes of at least 4 members (excludes halogenated alkanes) is 1. The monoisotopic (exact) mass is 396 g/mol. The highest BCUT2D eigenvalue weighted by Gasteiger charge is 1.96. The van der Waals surface area contributed by atoms with E-state index in [9.17, 15) is 0 Å². The van der Waals surface area contributed by atoms with E-state index < -0.39 is 0 Å². The Hall–Kier alpha value is -0.900. The predicted molar refractivity (Wildman–Crippen MR) is 90.5 cm³/mol. The highest BCUT2D eigenvalue weighted by molar-refractivity contribution is 14.0. The fraction of sp³-hybridized carbons (Fsp3) is 0.750. The van der Waals surface area contributed by atoms with Crippen LogP contribution in [0.5, 0.6) is 0 Å². The quantitative estimate of drug-likeness (QED) is 0.281. The maximum Gasteiger partial charge on any atom is 0.190 e. The zero-order chi connectivity index (χ0) is 13.8. The minimum absolute atomic E-state index is 0. The molecule has 0 saturated heterocycles. The van der Waals surface area contributed by atoms with Crippen LogP contribution < -0.4 is 10.6 Å². The summed E-state index contributed by atoms with van der Waals surface area (Å²) in [6.07, 6.45) is 6.63. The van der Waals surface area contributed by atoms with Crippen LogP contribution in [0, 0.1) is 0 Å². The van der Waals surface area contributed by atoms with Gasteiger partial charge in [0.05, 0.1) is 0 Å². The van der Waals surface area contributed by atoms with Crippen molar-refractivity contribution in [3.63, 3.8) is 0 Å². The molecule has 0 aromatic carbocycles. The Labute approximate surface area is 137 Å². The number of aliphatic imine (C=N–C) groups is 1. The summed E-state index contributed by atoms with van der Waals surface area (Å²) in [4.78, 5) is 4.16. The number of methoxy groups -OCH3 is 1. The molecule has 8 heteroatoms. The van der Waals surface area contributed by atoms with Crippen molar-refractivity contribution in [2.45, 2.75) is 25.8 Å². The van der Waals surface area contributed by atoms with Crippen molar-refractivity contribution >= 4 is 29.9 Å². The number of nitrogens with zero attached hydrogens (tertiary/aromatic N) is 4. The maximum absolute atomic E-state index is 4.99. The van der Waals surface area contributed by atoms with Gasteiger partial charge in [0.2, 0.25) is 0 Å². The molecule has 0 unspecified atom stereocenters. The van der Waals surface area contributed by atoms with Crippen molar-refractivity contribution in [1.82, 2.24) is 25.4 Å². The fourth-order valence-corrected chi connectivity index (χ4v) is 1.61. The zero-order valence-electron chi connectivity index (χ0n) is 12.2. The Balaban J connectivity index is 0.00000361. The molecule has 0 saturated carbocycles. The lowest BCUT2D eigenvalue weighted by atomic mass is 10.3. The Bertz CT molecular complexity index is 344. The molecule has 0 atom stereocenters. The smallest absolute Gasteiger partial charge is 0.190 e. The van der Waals surface area contributed by atoms with Crippen LogP contribution in [0.4, 0.5) is 0 Å². The van der Waals surface area contributed by atoms with Gasteiger partial charge in [-0.3, -0.25) is 4.99 Å². The molecule has 0 fully saturated rings. The van der Waals surface area contributed by atoms with Crippen LogP contribution in [-0.2, 0) is 11.3 Å². The summed E-state index contributed by atoms with van der Waals surface area (Å²) in [6.45, 7) is 3.50. The van der Waals surface area contributed by atoms with Crippen molar-refractivity contribution in [2.75, 3.05) is 33.9 Å². The van der Waals surface area contributed by atoms with Gasteiger partial charge >= 0.3 is 0 Å². The first-order chi connectivity index (χ1) is 9.36. The van der Waals surface area contributed by atoms with Gasteiger partial charge in [0.25, 0.3) is 0 Å². The van der Waals surface area contributed by atoms with Gasteiger partial charge in [0.1, 0.15) is 12.7 Å². The Morgan fingerprint density at radius 1 is 1.15 bits per heavy atom. The third-order valence-corrected chi connectivity index (χ3v) is 2.64. The molecule has 0 amide bonds. The number of guanidine groups is 1. The Morgan fingerprint density at radius 2 is 1.80 bits per heavy atom. The molecule has 0 bridgehead atoms. The topological polar surface area (TPSA) is 76.4 Å². The van der Waals surface area contributed by atoms with Crippen LogP contribution in [-0.4, -0.2) is 54.6 Å². The zero-order valence-corrected chi connectivity index (χ0v) is 14.5. The number of hydrogen-bond acceptors (Lipinski definition) is 4. The molecule has 7 nitrogen and oxygen atoms in total. The number of aromatic nitrogens is 3. The van der Waals surface area contributed by atoms with E-state index in [0.717, 1.165) is 51.5 Å². The van der Waals surface area contributed by atoms with Gasteiger partial charge in [0, 0.05) is 40.4 Å².